The smallest absolute Gasteiger partial charge is 0.0639 e. The van der Waals surface area contributed by atoms with E-state index in [9.17, 15) is 5.11 Å². The molecule has 0 radical (unpaired) electrons. The first-order chi connectivity index (χ1) is 9.63. The first kappa shape index (κ1) is 15.5. The summed E-state index contributed by atoms with van der Waals surface area (Å²) in [5.41, 5.74) is 2.68. The van der Waals surface area contributed by atoms with Crippen LogP contribution in [0.2, 0.25) is 0 Å². The van der Waals surface area contributed by atoms with Crippen molar-refractivity contribution in [2.24, 2.45) is 5.92 Å². The van der Waals surface area contributed by atoms with Gasteiger partial charge in [-0.2, -0.15) is 0 Å². The van der Waals surface area contributed by atoms with Crippen molar-refractivity contribution in [1.29, 1.82) is 0 Å². The minimum atomic E-state index is -0.203. The van der Waals surface area contributed by atoms with Gasteiger partial charge in [0.2, 0.25) is 0 Å². The fourth-order valence-electron chi connectivity index (χ4n) is 2.87. The Bertz CT molecular complexity index is 380. The lowest BCUT2D eigenvalue weighted by Gasteiger charge is -2.32. The van der Waals surface area contributed by atoms with Gasteiger partial charge < -0.3 is 15.3 Å². The lowest BCUT2D eigenvalue weighted by molar-refractivity contribution is 0.0998. The molecule has 1 aromatic rings. The van der Waals surface area contributed by atoms with Crippen LogP contribution in [0.15, 0.2) is 24.3 Å². The van der Waals surface area contributed by atoms with Crippen molar-refractivity contribution in [2.75, 3.05) is 26.2 Å². The number of hydrogen-bond acceptors (Lipinski definition) is 3. The zero-order valence-electron chi connectivity index (χ0n) is 12.8. The molecule has 0 aromatic heterocycles. The topological polar surface area (TPSA) is 35.5 Å². The first-order valence-electron chi connectivity index (χ1n) is 7.80. The van der Waals surface area contributed by atoms with Crippen LogP contribution < -0.4 is 5.32 Å². The van der Waals surface area contributed by atoms with E-state index in [1.165, 1.54) is 24.0 Å². The zero-order chi connectivity index (χ0) is 14.4. The van der Waals surface area contributed by atoms with Crippen LogP contribution in [0.3, 0.4) is 0 Å². The SMILES string of the molecule is Cc1ccc(CNCC2CCN(C[C@@H](C)O)CC2)cc1. The molecule has 0 unspecified atom stereocenters. The van der Waals surface area contributed by atoms with E-state index in [-0.39, 0.29) is 6.10 Å². The Hall–Kier alpha value is -0.900. The molecule has 1 aliphatic rings. The van der Waals surface area contributed by atoms with Crippen LogP contribution in [0, 0.1) is 12.8 Å². The van der Waals surface area contributed by atoms with Gasteiger partial charge in [-0.1, -0.05) is 29.8 Å². The largest absolute Gasteiger partial charge is 0.392 e. The number of aliphatic hydroxyl groups is 1. The summed E-state index contributed by atoms with van der Waals surface area (Å²) < 4.78 is 0. The van der Waals surface area contributed by atoms with E-state index in [0.717, 1.165) is 38.6 Å². The highest BCUT2D eigenvalue weighted by atomic mass is 16.3. The zero-order valence-corrected chi connectivity index (χ0v) is 12.8. The van der Waals surface area contributed by atoms with E-state index in [1.54, 1.807) is 0 Å². The Morgan fingerprint density at radius 1 is 1.25 bits per heavy atom. The van der Waals surface area contributed by atoms with Crippen molar-refractivity contribution in [3.8, 4) is 0 Å². The van der Waals surface area contributed by atoms with Gasteiger partial charge in [-0.25, -0.2) is 0 Å². The second-order valence-electron chi connectivity index (χ2n) is 6.21. The number of hydrogen-bond donors (Lipinski definition) is 2. The van der Waals surface area contributed by atoms with E-state index in [4.69, 9.17) is 0 Å². The molecule has 112 valence electrons. The van der Waals surface area contributed by atoms with Gasteiger partial charge in [0.05, 0.1) is 6.10 Å². The van der Waals surface area contributed by atoms with Crippen LogP contribution in [0.25, 0.3) is 0 Å². The van der Waals surface area contributed by atoms with Crippen molar-refractivity contribution in [1.82, 2.24) is 10.2 Å². The molecule has 1 atom stereocenters. The van der Waals surface area contributed by atoms with Crippen LogP contribution in [-0.4, -0.2) is 42.3 Å². The molecule has 2 N–H and O–H groups in total. The van der Waals surface area contributed by atoms with Crippen molar-refractivity contribution < 1.29 is 5.11 Å². The maximum Gasteiger partial charge on any atom is 0.0639 e. The Morgan fingerprint density at radius 3 is 2.50 bits per heavy atom. The monoisotopic (exact) mass is 276 g/mol. The van der Waals surface area contributed by atoms with Gasteiger partial charge in [0.25, 0.3) is 0 Å². The van der Waals surface area contributed by atoms with E-state index >= 15 is 0 Å². The van der Waals surface area contributed by atoms with Crippen molar-refractivity contribution in [3.05, 3.63) is 35.4 Å². The van der Waals surface area contributed by atoms with Gasteiger partial charge in [-0.05, 0) is 57.8 Å². The van der Waals surface area contributed by atoms with Gasteiger partial charge in [-0.3, -0.25) is 0 Å². The normalized spacial score (nSPS) is 19.1. The van der Waals surface area contributed by atoms with Gasteiger partial charge in [0.15, 0.2) is 0 Å². The molecule has 1 saturated heterocycles. The maximum atomic E-state index is 9.40. The summed E-state index contributed by atoms with van der Waals surface area (Å²) >= 11 is 0. The molecule has 1 fully saturated rings. The lowest BCUT2D eigenvalue weighted by Crippen LogP contribution is -2.40. The minimum absolute atomic E-state index is 0.203. The van der Waals surface area contributed by atoms with Crippen molar-refractivity contribution in [3.63, 3.8) is 0 Å². The van der Waals surface area contributed by atoms with Crippen molar-refractivity contribution >= 4 is 0 Å². The van der Waals surface area contributed by atoms with Gasteiger partial charge in [0.1, 0.15) is 0 Å². The summed E-state index contributed by atoms with van der Waals surface area (Å²) in [5.74, 6) is 0.783. The number of aryl methyl sites for hydroxylation is 1. The van der Waals surface area contributed by atoms with Crippen LogP contribution in [0.4, 0.5) is 0 Å². The molecule has 1 aliphatic heterocycles. The van der Waals surface area contributed by atoms with Gasteiger partial charge in [-0.15, -0.1) is 0 Å². The molecule has 0 bridgehead atoms. The molecular formula is C17H28N2O. The third kappa shape index (κ3) is 5.23. The predicted octanol–water partition coefficient (Wildman–Crippen LogP) is 2.18. The highest BCUT2D eigenvalue weighted by molar-refractivity contribution is 5.21. The Labute approximate surface area is 123 Å². The Morgan fingerprint density at radius 2 is 1.90 bits per heavy atom. The molecule has 0 amide bonds. The number of likely N-dealkylation sites (tertiary alicyclic amines) is 1. The van der Waals surface area contributed by atoms with Gasteiger partial charge in [0, 0.05) is 13.1 Å². The van der Waals surface area contributed by atoms with E-state index in [0.29, 0.717) is 0 Å². The first-order valence-corrected chi connectivity index (χ1v) is 7.80. The van der Waals surface area contributed by atoms with Crippen LogP contribution in [0.1, 0.15) is 30.9 Å². The van der Waals surface area contributed by atoms with Crippen LogP contribution in [0.5, 0.6) is 0 Å². The molecule has 3 nitrogen and oxygen atoms in total. The predicted molar refractivity (Wildman–Crippen MR) is 83.7 cm³/mol. The number of aliphatic hydroxyl groups excluding tert-OH is 1. The molecule has 0 spiro atoms. The minimum Gasteiger partial charge on any atom is -0.392 e. The Kier molecular flexibility index (Phi) is 6.02. The second kappa shape index (κ2) is 7.77. The molecule has 0 aliphatic carbocycles. The maximum absolute atomic E-state index is 9.40. The second-order valence-corrected chi connectivity index (χ2v) is 6.21. The third-order valence-electron chi connectivity index (χ3n) is 4.11. The summed E-state index contributed by atoms with van der Waals surface area (Å²) in [6, 6.07) is 8.75. The molecule has 1 heterocycles. The van der Waals surface area contributed by atoms with Crippen LogP contribution >= 0.6 is 0 Å². The Balaban J connectivity index is 1.62. The van der Waals surface area contributed by atoms with Crippen molar-refractivity contribution in [2.45, 2.75) is 39.3 Å². The number of benzene rings is 1. The fourth-order valence-corrected chi connectivity index (χ4v) is 2.87. The highest BCUT2D eigenvalue weighted by Gasteiger charge is 2.19. The average Bonchev–Trinajstić information content (AvgIpc) is 2.42. The number of β-amino-alcohol motifs (C(OH)–C–C–N with tert-alkyl or cyclic N) is 1. The molecule has 0 saturated carbocycles. The lowest BCUT2D eigenvalue weighted by atomic mass is 9.96. The molecule has 20 heavy (non-hydrogen) atoms. The summed E-state index contributed by atoms with van der Waals surface area (Å²) in [4.78, 5) is 2.38. The fraction of sp³-hybridized carbons (Fsp3) is 0.647. The molecular weight excluding hydrogens is 248 g/mol. The molecule has 3 heteroatoms. The molecule has 1 aromatic carbocycles. The van der Waals surface area contributed by atoms with E-state index < -0.39 is 0 Å². The van der Waals surface area contributed by atoms with Crippen LogP contribution in [-0.2, 0) is 6.54 Å². The molecule has 2 rings (SSSR count). The number of nitrogens with zero attached hydrogens (tertiary/aromatic N) is 1. The summed E-state index contributed by atoms with van der Waals surface area (Å²) in [7, 11) is 0. The third-order valence-corrected chi connectivity index (χ3v) is 4.11. The summed E-state index contributed by atoms with van der Waals surface area (Å²) in [5, 5.41) is 13.0. The van der Waals surface area contributed by atoms with Gasteiger partial charge >= 0.3 is 0 Å². The van der Waals surface area contributed by atoms with E-state index in [1.807, 2.05) is 6.92 Å². The highest BCUT2D eigenvalue weighted by Crippen LogP contribution is 2.16. The number of piperidine rings is 1. The summed E-state index contributed by atoms with van der Waals surface area (Å²) in [6.07, 6.45) is 2.28. The number of nitrogens with one attached hydrogen (secondary N) is 1. The summed E-state index contributed by atoms with van der Waals surface area (Å²) in [6.45, 7) is 9.14. The van der Waals surface area contributed by atoms with E-state index in [2.05, 4.69) is 41.4 Å². The standard InChI is InChI=1S/C17H28N2O/c1-14-3-5-16(6-4-14)11-18-12-17-7-9-19(10-8-17)13-15(2)20/h3-6,15,17-18,20H,7-13H2,1-2H3/t15-/m1/s1. The number of rotatable bonds is 6. The quantitative estimate of drug-likeness (QED) is 0.836. The average molecular weight is 276 g/mol.